The Morgan fingerprint density at radius 3 is 2.59 bits per heavy atom. The topological polar surface area (TPSA) is 66.0 Å². The molecule has 2 N–H and O–H groups in total. The van der Waals surface area contributed by atoms with Crippen LogP contribution in [-0.4, -0.2) is 47.0 Å². The Hall–Kier alpha value is -2.41. The van der Waals surface area contributed by atoms with Gasteiger partial charge in [0.05, 0.1) is 22.1 Å². The van der Waals surface area contributed by atoms with Gasteiger partial charge < -0.3 is 15.5 Å². The fraction of sp³-hybridized carbons (Fsp3) is 0.211. The molecule has 3 rings (SSSR count). The lowest BCUT2D eigenvalue weighted by Crippen LogP contribution is -2.21. The van der Waals surface area contributed by atoms with E-state index in [-0.39, 0.29) is 0 Å². The fourth-order valence-corrected chi connectivity index (χ4v) is 2.70. The Bertz CT molecular complexity index is 902. The van der Waals surface area contributed by atoms with Crippen molar-refractivity contribution in [2.75, 3.05) is 37.8 Å². The lowest BCUT2D eigenvalue weighted by Gasteiger charge is -2.13. The van der Waals surface area contributed by atoms with E-state index in [2.05, 4.69) is 30.5 Å². The molecule has 2 aromatic heterocycles. The van der Waals surface area contributed by atoms with Crippen LogP contribution in [0.25, 0.3) is 11.4 Å². The van der Waals surface area contributed by atoms with Crippen molar-refractivity contribution in [3.8, 4) is 11.4 Å². The van der Waals surface area contributed by atoms with Gasteiger partial charge in [0.15, 0.2) is 0 Å². The number of rotatable bonds is 7. The summed E-state index contributed by atoms with van der Waals surface area (Å²) in [5, 5.41) is 7.61. The number of aromatic nitrogens is 3. The first-order valence-corrected chi connectivity index (χ1v) is 9.18. The van der Waals surface area contributed by atoms with Crippen LogP contribution in [0.5, 0.6) is 0 Å². The Kier molecular flexibility index (Phi) is 6.45. The summed E-state index contributed by atoms with van der Waals surface area (Å²) in [5.74, 6) is 1.11. The zero-order valence-electron chi connectivity index (χ0n) is 15.1. The Labute approximate surface area is 168 Å². The number of nitrogens with zero attached hydrogens (tertiary/aromatic N) is 4. The van der Waals surface area contributed by atoms with Crippen molar-refractivity contribution in [1.29, 1.82) is 0 Å². The molecule has 0 unspecified atom stereocenters. The minimum atomic E-state index is 0.514. The van der Waals surface area contributed by atoms with E-state index < -0.39 is 0 Å². The van der Waals surface area contributed by atoms with E-state index in [9.17, 15) is 0 Å². The van der Waals surface area contributed by atoms with Gasteiger partial charge in [-0.2, -0.15) is 4.98 Å². The molecule has 0 aliphatic heterocycles. The molecule has 0 radical (unpaired) electrons. The van der Waals surface area contributed by atoms with Crippen molar-refractivity contribution >= 4 is 40.7 Å². The molecular formula is C19H20Cl2N6. The standard InChI is InChI=1S/C19H20Cl2N6/c1-27(2)10-9-23-19-25-17(15-5-3-4-8-22-15)12-18(26-19)24-16-11-13(20)6-7-14(16)21/h3-8,11-12H,9-10H2,1-2H3,(H2,23,24,25,26). The molecule has 0 saturated heterocycles. The lowest BCUT2D eigenvalue weighted by molar-refractivity contribution is 0.425. The first-order chi connectivity index (χ1) is 13.0. The number of nitrogens with one attached hydrogen (secondary N) is 2. The van der Waals surface area contributed by atoms with Crippen LogP contribution in [0.3, 0.4) is 0 Å². The molecular weight excluding hydrogens is 383 g/mol. The van der Waals surface area contributed by atoms with Gasteiger partial charge in [0.25, 0.3) is 0 Å². The van der Waals surface area contributed by atoms with Gasteiger partial charge in [0.1, 0.15) is 5.82 Å². The van der Waals surface area contributed by atoms with Gasteiger partial charge in [-0.05, 0) is 44.4 Å². The third kappa shape index (κ3) is 5.53. The summed E-state index contributed by atoms with van der Waals surface area (Å²) < 4.78 is 0. The van der Waals surface area contributed by atoms with Crippen LogP contribution in [0.4, 0.5) is 17.5 Å². The van der Waals surface area contributed by atoms with Crippen LogP contribution in [0.15, 0.2) is 48.7 Å². The Balaban J connectivity index is 1.92. The highest BCUT2D eigenvalue weighted by Crippen LogP contribution is 2.29. The smallest absolute Gasteiger partial charge is 0.225 e. The molecule has 0 aliphatic carbocycles. The molecule has 0 fully saturated rings. The maximum Gasteiger partial charge on any atom is 0.225 e. The molecule has 3 aromatic rings. The number of hydrogen-bond donors (Lipinski definition) is 2. The number of halogens is 2. The first kappa shape index (κ1) is 19.4. The summed E-state index contributed by atoms with van der Waals surface area (Å²) >= 11 is 12.3. The monoisotopic (exact) mass is 402 g/mol. The molecule has 2 heterocycles. The van der Waals surface area contributed by atoms with Gasteiger partial charge in [0, 0.05) is 30.4 Å². The van der Waals surface area contributed by atoms with E-state index >= 15 is 0 Å². The molecule has 8 heteroatoms. The second-order valence-electron chi connectivity index (χ2n) is 6.16. The van der Waals surface area contributed by atoms with Crippen molar-refractivity contribution in [1.82, 2.24) is 19.9 Å². The summed E-state index contributed by atoms with van der Waals surface area (Å²) in [6.07, 6.45) is 1.73. The molecule has 0 bridgehead atoms. The molecule has 1 aromatic carbocycles. The average Bonchev–Trinajstić information content (AvgIpc) is 2.65. The van der Waals surface area contributed by atoms with Crippen LogP contribution < -0.4 is 10.6 Å². The highest BCUT2D eigenvalue weighted by atomic mass is 35.5. The third-order valence-corrected chi connectivity index (χ3v) is 4.25. The summed E-state index contributed by atoms with van der Waals surface area (Å²) in [5.41, 5.74) is 2.14. The molecule has 140 valence electrons. The molecule has 0 atom stereocenters. The van der Waals surface area contributed by atoms with Crippen molar-refractivity contribution in [2.45, 2.75) is 0 Å². The number of pyridine rings is 1. The van der Waals surface area contributed by atoms with Gasteiger partial charge in [-0.25, -0.2) is 4.98 Å². The van der Waals surface area contributed by atoms with E-state index in [1.165, 1.54) is 0 Å². The van der Waals surface area contributed by atoms with Gasteiger partial charge in [-0.15, -0.1) is 0 Å². The fourth-order valence-electron chi connectivity index (χ4n) is 2.36. The molecule has 27 heavy (non-hydrogen) atoms. The maximum atomic E-state index is 6.26. The number of anilines is 3. The number of likely N-dealkylation sites (N-methyl/N-ethyl adjacent to an activating group) is 1. The maximum absolute atomic E-state index is 6.26. The van der Waals surface area contributed by atoms with Crippen LogP contribution >= 0.6 is 23.2 Å². The molecule has 0 aliphatic rings. The summed E-state index contributed by atoms with van der Waals surface area (Å²) in [6.45, 7) is 1.58. The predicted octanol–water partition coefficient (Wildman–Crippen LogP) is 4.56. The van der Waals surface area contributed by atoms with Crippen LogP contribution in [-0.2, 0) is 0 Å². The Morgan fingerprint density at radius 1 is 1.00 bits per heavy atom. The first-order valence-electron chi connectivity index (χ1n) is 8.42. The van der Waals surface area contributed by atoms with Gasteiger partial charge in [-0.1, -0.05) is 29.3 Å². The minimum Gasteiger partial charge on any atom is -0.353 e. The van der Waals surface area contributed by atoms with Crippen LogP contribution in [0.2, 0.25) is 10.0 Å². The quantitative estimate of drug-likeness (QED) is 0.603. The average molecular weight is 403 g/mol. The zero-order chi connectivity index (χ0) is 19.2. The second kappa shape index (κ2) is 8.99. The molecule has 0 saturated carbocycles. The predicted molar refractivity (Wildman–Crippen MR) is 112 cm³/mol. The van der Waals surface area contributed by atoms with Gasteiger partial charge >= 0.3 is 0 Å². The summed E-state index contributed by atoms with van der Waals surface area (Å²) in [4.78, 5) is 15.6. The van der Waals surface area contributed by atoms with Crippen molar-refractivity contribution in [3.05, 3.63) is 58.7 Å². The van der Waals surface area contributed by atoms with E-state index in [4.69, 9.17) is 23.2 Å². The van der Waals surface area contributed by atoms with Gasteiger partial charge in [0.2, 0.25) is 5.95 Å². The molecule has 6 nitrogen and oxygen atoms in total. The van der Waals surface area contributed by atoms with E-state index in [1.54, 1.807) is 24.4 Å². The SMILES string of the molecule is CN(C)CCNc1nc(Nc2cc(Cl)ccc2Cl)cc(-c2ccccn2)n1. The van der Waals surface area contributed by atoms with Crippen molar-refractivity contribution in [2.24, 2.45) is 0 Å². The van der Waals surface area contributed by atoms with E-state index in [0.717, 1.165) is 18.8 Å². The van der Waals surface area contributed by atoms with E-state index in [0.29, 0.717) is 33.2 Å². The van der Waals surface area contributed by atoms with Crippen LogP contribution in [0, 0.1) is 0 Å². The second-order valence-corrected chi connectivity index (χ2v) is 7.00. The van der Waals surface area contributed by atoms with E-state index in [1.807, 2.05) is 38.4 Å². The molecule has 0 spiro atoms. The minimum absolute atomic E-state index is 0.514. The van der Waals surface area contributed by atoms with Crippen LogP contribution in [0.1, 0.15) is 0 Å². The number of benzene rings is 1. The molecule has 0 amide bonds. The van der Waals surface area contributed by atoms with Gasteiger partial charge in [-0.3, -0.25) is 4.98 Å². The summed E-state index contributed by atoms with van der Waals surface area (Å²) in [7, 11) is 4.03. The lowest BCUT2D eigenvalue weighted by atomic mass is 10.2. The summed E-state index contributed by atoms with van der Waals surface area (Å²) in [6, 6.07) is 12.8. The third-order valence-electron chi connectivity index (χ3n) is 3.69. The zero-order valence-corrected chi connectivity index (χ0v) is 16.6. The number of hydrogen-bond acceptors (Lipinski definition) is 6. The Morgan fingerprint density at radius 2 is 1.85 bits per heavy atom. The van der Waals surface area contributed by atoms with Crippen molar-refractivity contribution in [3.63, 3.8) is 0 Å². The highest BCUT2D eigenvalue weighted by molar-refractivity contribution is 6.35. The largest absolute Gasteiger partial charge is 0.353 e. The van der Waals surface area contributed by atoms with Crippen molar-refractivity contribution < 1.29 is 0 Å². The highest BCUT2D eigenvalue weighted by Gasteiger charge is 2.10. The normalized spacial score (nSPS) is 10.9.